The van der Waals surface area contributed by atoms with E-state index in [1.54, 1.807) is 41.5 Å². The van der Waals surface area contributed by atoms with Crippen LogP contribution in [0.15, 0.2) is 29.3 Å². The fourth-order valence-electron chi connectivity index (χ4n) is 2.87. The average molecular weight is 449 g/mol. The number of aliphatic imine (C=N–C) groups is 1. The number of nitrogens with one attached hydrogen (secondary N) is 2. The number of benzene rings is 1. The molecule has 1 aliphatic rings. The first-order valence-electron chi connectivity index (χ1n) is 10.9. The van der Waals surface area contributed by atoms with Gasteiger partial charge in [-0.25, -0.2) is 14.6 Å². The van der Waals surface area contributed by atoms with Crippen LogP contribution < -0.4 is 10.6 Å². The predicted molar refractivity (Wildman–Crippen MR) is 123 cm³/mol. The highest BCUT2D eigenvalue weighted by Crippen LogP contribution is 2.15. The van der Waals surface area contributed by atoms with E-state index in [4.69, 9.17) is 14.2 Å². The first kappa shape index (κ1) is 25.6. The van der Waals surface area contributed by atoms with Crippen molar-refractivity contribution in [1.29, 1.82) is 0 Å². The van der Waals surface area contributed by atoms with Crippen LogP contribution in [0.2, 0.25) is 0 Å². The van der Waals surface area contributed by atoms with Crippen molar-refractivity contribution in [3.63, 3.8) is 0 Å². The number of alkyl carbamates (subject to hydrolysis) is 2. The van der Waals surface area contributed by atoms with Gasteiger partial charge in [-0.3, -0.25) is 15.5 Å². The maximum absolute atomic E-state index is 12.2. The van der Waals surface area contributed by atoms with Crippen molar-refractivity contribution >= 4 is 23.8 Å². The van der Waals surface area contributed by atoms with Gasteiger partial charge in [0.25, 0.3) is 0 Å². The van der Waals surface area contributed by atoms with E-state index in [9.17, 15) is 9.59 Å². The van der Waals surface area contributed by atoms with Crippen molar-refractivity contribution in [2.45, 2.75) is 59.2 Å². The van der Waals surface area contributed by atoms with E-state index >= 15 is 0 Å². The Morgan fingerprint density at radius 3 is 1.91 bits per heavy atom. The second-order valence-corrected chi connectivity index (χ2v) is 9.58. The molecule has 0 aliphatic carbocycles. The van der Waals surface area contributed by atoms with Gasteiger partial charge in [0.1, 0.15) is 11.2 Å². The van der Waals surface area contributed by atoms with Gasteiger partial charge in [0.2, 0.25) is 5.96 Å². The van der Waals surface area contributed by atoms with Crippen LogP contribution in [0.25, 0.3) is 0 Å². The molecule has 0 bridgehead atoms. The topological polar surface area (TPSA) is 101 Å². The molecule has 178 valence electrons. The van der Waals surface area contributed by atoms with Crippen LogP contribution in [0.1, 0.15) is 47.1 Å². The Hall–Kier alpha value is -2.65. The Morgan fingerprint density at radius 2 is 1.44 bits per heavy atom. The van der Waals surface area contributed by atoms with E-state index in [0.717, 1.165) is 39.3 Å². The lowest BCUT2D eigenvalue weighted by Crippen LogP contribution is -2.47. The predicted octanol–water partition coefficient (Wildman–Crippen LogP) is 3.60. The zero-order valence-electron chi connectivity index (χ0n) is 20.0. The van der Waals surface area contributed by atoms with E-state index in [1.807, 2.05) is 24.3 Å². The largest absolute Gasteiger partial charge is 0.444 e. The van der Waals surface area contributed by atoms with E-state index in [2.05, 4.69) is 20.5 Å². The van der Waals surface area contributed by atoms with Crippen molar-refractivity contribution < 1.29 is 23.8 Å². The van der Waals surface area contributed by atoms with Gasteiger partial charge in [0.15, 0.2) is 0 Å². The molecular weight excluding hydrogens is 412 g/mol. The zero-order chi connectivity index (χ0) is 23.8. The van der Waals surface area contributed by atoms with Crippen LogP contribution in [-0.2, 0) is 20.6 Å². The molecule has 32 heavy (non-hydrogen) atoms. The van der Waals surface area contributed by atoms with Crippen LogP contribution in [-0.4, -0.2) is 67.1 Å². The van der Waals surface area contributed by atoms with Gasteiger partial charge in [-0.05, 0) is 65.7 Å². The molecule has 9 heteroatoms. The summed E-state index contributed by atoms with van der Waals surface area (Å²) in [7, 11) is 0. The molecule has 1 saturated heterocycles. The number of rotatable bonds is 4. The lowest BCUT2D eigenvalue weighted by Gasteiger charge is -2.26. The monoisotopic (exact) mass is 448 g/mol. The first-order valence-corrected chi connectivity index (χ1v) is 10.9. The summed E-state index contributed by atoms with van der Waals surface area (Å²) < 4.78 is 15.9. The van der Waals surface area contributed by atoms with Crippen molar-refractivity contribution in [2.24, 2.45) is 4.99 Å². The van der Waals surface area contributed by atoms with Crippen LogP contribution >= 0.6 is 0 Å². The Morgan fingerprint density at radius 1 is 0.938 bits per heavy atom. The minimum absolute atomic E-state index is 0.0745. The van der Waals surface area contributed by atoms with E-state index in [1.165, 1.54) is 5.56 Å². The van der Waals surface area contributed by atoms with Crippen LogP contribution in [0.5, 0.6) is 0 Å². The number of nitrogens with zero attached hydrogens (tertiary/aromatic N) is 2. The van der Waals surface area contributed by atoms with Crippen LogP contribution in [0.4, 0.5) is 15.3 Å². The molecule has 0 spiro atoms. The SMILES string of the molecule is CC(C)(C)OC(=O)NC(=Nc1ccc(CCN2CCOCC2)cc1)NC(=O)OC(C)(C)C. The van der Waals surface area contributed by atoms with Crippen LogP contribution in [0, 0.1) is 0 Å². The Kier molecular flexibility index (Phi) is 9.03. The molecule has 0 unspecified atom stereocenters. The lowest BCUT2D eigenvalue weighted by atomic mass is 10.1. The molecule has 2 amide bonds. The quantitative estimate of drug-likeness (QED) is 0.539. The molecular formula is C23H36N4O5. The van der Waals surface area contributed by atoms with Gasteiger partial charge >= 0.3 is 12.2 Å². The lowest BCUT2D eigenvalue weighted by molar-refractivity contribution is 0.0384. The summed E-state index contributed by atoms with van der Waals surface area (Å²) in [6.45, 7) is 15.0. The minimum Gasteiger partial charge on any atom is -0.444 e. The standard InChI is InChI=1S/C23H36N4O5/c1-22(2,3)31-20(28)25-19(26-21(29)32-23(4,5)6)24-18-9-7-17(8-10-18)11-12-27-13-15-30-16-14-27/h7-10H,11-16H2,1-6H3,(H2,24,25,26,28,29). The second kappa shape index (κ2) is 11.3. The number of hydrogen-bond donors (Lipinski definition) is 2. The highest BCUT2D eigenvalue weighted by Gasteiger charge is 2.21. The van der Waals surface area contributed by atoms with Gasteiger partial charge in [-0.1, -0.05) is 12.1 Å². The molecule has 2 N–H and O–H groups in total. The molecule has 0 saturated carbocycles. The summed E-state index contributed by atoms with van der Waals surface area (Å²) in [5, 5.41) is 4.96. The maximum Gasteiger partial charge on any atom is 0.414 e. The van der Waals surface area contributed by atoms with E-state index < -0.39 is 23.4 Å². The molecule has 9 nitrogen and oxygen atoms in total. The molecule has 1 heterocycles. The molecule has 0 atom stereocenters. The molecule has 1 fully saturated rings. The normalized spacial score (nSPS) is 14.9. The zero-order valence-corrected chi connectivity index (χ0v) is 20.0. The summed E-state index contributed by atoms with van der Waals surface area (Å²) in [6, 6.07) is 7.64. The Bertz CT molecular complexity index is 756. The molecule has 1 aromatic carbocycles. The Balaban J connectivity index is 2.06. The first-order chi connectivity index (χ1) is 14.9. The smallest absolute Gasteiger partial charge is 0.414 e. The number of hydrogen-bond acceptors (Lipinski definition) is 7. The summed E-state index contributed by atoms with van der Waals surface area (Å²) in [4.78, 5) is 31.1. The van der Waals surface area contributed by atoms with E-state index in [0.29, 0.717) is 5.69 Å². The van der Waals surface area contributed by atoms with Crippen molar-refractivity contribution in [3.8, 4) is 0 Å². The fourth-order valence-corrected chi connectivity index (χ4v) is 2.87. The Labute approximate surface area is 190 Å². The molecule has 2 rings (SSSR count). The summed E-state index contributed by atoms with van der Waals surface area (Å²) >= 11 is 0. The third-order valence-electron chi connectivity index (χ3n) is 4.24. The summed E-state index contributed by atoms with van der Waals surface area (Å²) in [6.07, 6.45) is -0.535. The van der Waals surface area contributed by atoms with Gasteiger partial charge in [0.05, 0.1) is 18.9 Å². The number of carbonyl (C=O) groups excluding carboxylic acids is 2. The third kappa shape index (κ3) is 10.6. The fraction of sp³-hybridized carbons (Fsp3) is 0.609. The second-order valence-electron chi connectivity index (χ2n) is 9.58. The minimum atomic E-state index is -0.727. The van der Waals surface area contributed by atoms with Crippen molar-refractivity contribution in [2.75, 3.05) is 32.8 Å². The number of amides is 2. The van der Waals surface area contributed by atoms with Gasteiger partial charge in [-0.15, -0.1) is 0 Å². The van der Waals surface area contributed by atoms with E-state index in [-0.39, 0.29) is 5.96 Å². The van der Waals surface area contributed by atoms with Crippen molar-refractivity contribution in [1.82, 2.24) is 15.5 Å². The highest BCUT2D eigenvalue weighted by atomic mass is 16.6. The van der Waals surface area contributed by atoms with Crippen LogP contribution in [0.3, 0.4) is 0 Å². The number of guanidine groups is 1. The summed E-state index contributed by atoms with van der Waals surface area (Å²) in [5.41, 5.74) is 0.367. The maximum atomic E-state index is 12.2. The molecule has 1 aliphatic heterocycles. The summed E-state index contributed by atoms with van der Waals surface area (Å²) in [5.74, 6) is -0.0745. The van der Waals surface area contributed by atoms with Gasteiger partial charge < -0.3 is 14.2 Å². The van der Waals surface area contributed by atoms with Gasteiger partial charge in [-0.2, -0.15) is 0 Å². The van der Waals surface area contributed by atoms with Gasteiger partial charge in [0, 0.05) is 19.6 Å². The highest BCUT2D eigenvalue weighted by molar-refractivity contribution is 6.02. The molecule has 0 aromatic heterocycles. The third-order valence-corrected chi connectivity index (χ3v) is 4.24. The van der Waals surface area contributed by atoms with Crippen molar-refractivity contribution in [3.05, 3.63) is 29.8 Å². The molecule has 0 radical (unpaired) electrons. The number of ether oxygens (including phenoxy) is 3. The average Bonchev–Trinajstić information content (AvgIpc) is 2.65. The number of carbonyl (C=O) groups is 2. The number of morpholine rings is 1. The molecule has 1 aromatic rings.